The van der Waals surface area contributed by atoms with Crippen molar-refractivity contribution in [3.05, 3.63) is 80.7 Å². The minimum absolute atomic E-state index is 0.0382. The number of pyridine rings is 1. The van der Waals surface area contributed by atoms with Crippen molar-refractivity contribution in [1.29, 1.82) is 0 Å². The van der Waals surface area contributed by atoms with E-state index >= 15 is 0 Å². The number of nitrogens with one attached hydrogen (secondary N) is 2. The highest BCUT2D eigenvalue weighted by molar-refractivity contribution is 7.12. The van der Waals surface area contributed by atoms with E-state index in [0.717, 1.165) is 12.1 Å². The van der Waals surface area contributed by atoms with Crippen molar-refractivity contribution in [2.45, 2.75) is 18.9 Å². The number of carbonyl (C=O) groups excluding carboxylic acids is 2. The molecule has 0 radical (unpaired) electrons. The summed E-state index contributed by atoms with van der Waals surface area (Å²) in [6.45, 7) is 1.51. The first-order valence-corrected chi connectivity index (χ1v) is 11.3. The number of amides is 3. The Kier molecular flexibility index (Phi) is 5.26. The van der Waals surface area contributed by atoms with Gasteiger partial charge in [-0.2, -0.15) is 0 Å². The number of halogens is 1. The number of urea groups is 1. The molecular weight excluding hydrogens is 431 g/mol. The lowest BCUT2D eigenvalue weighted by Gasteiger charge is -2.42. The van der Waals surface area contributed by atoms with Gasteiger partial charge in [-0.25, -0.2) is 9.18 Å². The van der Waals surface area contributed by atoms with E-state index in [-0.39, 0.29) is 40.8 Å². The molecule has 5 rings (SSSR count). The lowest BCUT2D eigenvalue weighted by Crippen LogP contribution is -2.50. The molecule has 164 valence electrons. The number of benzene rings is 1. The zero-order chi connectivity index (χ0) is 22.2. The predicted octanol–water partition coefficient (Wildman–Crippen LogP) is 3.95. The Labute approximate surface area is 187 Å². The van der Waals surface area contributed by atoms with Crippen LogP contribution >= 0.6 is 11.3 Å². The molecule has 7 nitrogen and oxygen atoms in total. The van der Waals surface area contributed by atoms with Crippen LogP contribution in [0.2, 0.25) is 0 Å². The van der Waals surface area contributed by atoms with Crippen molar-refractivity contribution in [2.24, 2.45) is 5.92 Å². The maximum atomic E-state index is 13.1. The molecule has 2 N–H and O–H groups in total. The van der Waals surface area contributed by atoms with Crippen LogP contribution in [0.4, 0.5) is 20.6 Å². The maximum Gasteiger partial charge on any atom is 0.321 e. The van der Waals surface area contributed by atoms with Crippen LogP contribution in [0.25, 0.3) is 0 Å². The average molecular weight is 453 g/mol. The van der Waals surface area contributed by atoms with Crippen molar-refractivity contribution >= 4 is 34.6 Å². The molecule has 0 aliphatic carbocycles. The number of likely N-dealkylation sites (tertiary alicyclic amines) is 1. The number of anilines is 2. The summed E-state index contributed by atoms with van der Waals surface area (Å²) in [5, 5.41) is 7.35. The van der Waals surface area contributed by atoms with Gasteiger partial charge in [-0.3, -0.25) is 9.59 Å². The van der Waals surface area contributed by atoms with Gasteiger partial charge < -0.3 is 20.1 Å². The standard InChI is InChI=1S/C23H21FN4O3S/c24-16-3-5-17(6-4-16)25-23(31)27-11-14-10-15(13-27)19-8-7-18(22(30)28(19)12-14)26-21(29)20-2-1-9-32-20/h1-9,14-15H,10-13H2,(H,25,31)(H,26,29)/t14-,15+/m0/s1. The van der Waals surface area contributed by atoms with E-state index in [0.29, 0.717) is 30.2 Å². The molecule has 1 fully saturated rings. The minimum atomic E-state index is -0.358. The van der Waals surface area contributed by atoms with Gasteiger partial charge in [0.25, 0.3) is 11.5 Å². The zero-order valence-corrected chi connectivity index (χ0v) is 17.9. The molecule has 9 heteroatoms. The third-order valence-corrected chi connectivity index (χ3v) is 6.85. The van der Waals surface area contributed by atoms with Gasteiger partial charge in [-0.05, 0) is 60.2 Å². The number of aromatic nitrogens is 1. The smallest absolute Gasteiger partial charge is 0.321 e. The van der Waals surface area contributed by atoms with Crippen LogP contribution in [0.1, 0.15) is 27.7 Å². The normalized spacial score (nSPS) is 19.2. The van der Waals surface area contributed by atoms with Crippen molar-refractivity contribution in [3.63, 3.8) is 0 Å². The van der Waals surface area contributed by atoms with E-state index in [1.807, 2.05) is 11.4 Å². The molecule has 1 saturated heterocycles. The van der Waals surface area contributed by atoms with Crippen molar-refractivity contribution in [1.82, 2.24) is 9.47 Å². The Morgan fingerprint density at radius 3 is 2.56 bits per heavy atom. The Balaban J connectivity index is 1.33. The number of thiophene rings is 1. The second-order valence-corrected chi connectivity index (χ2v) is 9.11. The Bertz CT molecular complexity index is 1220. The van der Waals surface area contributed by atoms with Crippen LogP contribution in [0.3, 0.4) is 0 Å². The van der Waals surface area contributed by atoms with E-state index in [9.17, 15) is 18.8 Å². The molecule has 2 atom stereocenters. The van der Waals surface area contributed by atoms with Crippen LogP contribution in [-0.4, -0.2) is 34.5 Å². The minimum Gasteiger partial charge on any atom is -0.324 e. The van der Waals surface area contributed by atoms with Crippen molar-refractivity contribution in [3.8, 4) is 0 Å². The largest absolute Gasteiger partial charge is 0.324 e. The van der Waals surface area contributed by atoms with Gasteiger partial charge in [0.1, 0.15) is 11.5 Å². The second-order valence-electron chi connectivity index (χ2n) is 8.16. The van der Waals surface area contributed by atoms with E-state index in [1.165, 1.54) is 35.6 Å². The lowest BCUT2D eigenvalue weighted by atomic mass is 9.83. The second kappa shape index (κ2) is 8.23. The molecule has 3 aromatic rings. The number of carbonyl (C=O) groups is 2. The summed E-state index contributed by atoms with van der Waals surface area (Å²) in [6.07, 6.45) is 0.903. The molecule has 2 bridgehead atoms. The van der Waals surface area contributed by atoms with Gasteiger partial charge in [0.15, 0.2) is 0 Å². The molecule has 2 aliphatic heterocycles. The lowest BCUT2D eigenvalue weighted by molar-refractivity contribution is 0.103. The fourth-order valence-electron chi connectivity index (χ4n) is 4.53. The molecule has 32 heavy (non-hydrogen) atoms. The van der Waals surface area contributed by atoms with Crippen LogP contribution in [0.15, 0.2) is 58.7 Å². The number of piperidine rings is 1. The van der Waals surface area contributed by atoms with Crippen LogP contribution < -0.4 is 16.2 Å². The first-order valence-electron chi connectivity index (χ1n) is 10.4. The third-order valence-electron chi connectivity index (χ3n) is 5.98. The summed E-state index contributed by atoms with van der Waals surface area (Å²) in [5.41, 5.74) is 1.46. The van der Waals surface area contributed by atoms with E-state index in [1.54, 1.807) is 27.7 Å². The monoisotopic (exact) mass is 452 g/mol. The van der Waals surface area contributed by atoms with Crippen LogP contribution in [0, 0.1) is 11.7 Å². The summed E-state index contributed by atoms with van der Waals surface area (Å²) >= 11 is 1.32. The first kappa shape index (κ1) is 20.4. The van der Waals surface area contributed by atoms with Crippen LogP contribution in [0.5, 0.6) is 0 Å². The summed E-state index contributed by atoms with van der Waals surface area (Å²) < 4.78 is 14.8. The molecule has 0 unspecified atom stereocenters. The molecule has 2 aliphatic rings. The Morgan fingerprint density at radius 2 is 1.81 bits per heavy atom. The fraction of sp³-hybridized carbons (Fsp3) is 0.261. The Morgan fingerprint density at radius 1 is 1.00 bits per heavy atom. The summed E-state index contributed by atoms with van der Waals surface area (Å²) in [6, 6.07) is 12.4. The predicted molar refractivity (Wildman–Crippen MR) is 121 cm³/mol. The molecule has 0 spiro atoms. The molecule has 4 heterocycles. The van der Waals surface area contributed by atoms with Crippen LogP contribution in [-0.2, 0) is 6.54 Å². The summed E-state index contributed by atoms with van der Waals surface area (Å²) in [7, 11) is 0. The van der Waals surface area contributed by atoms with Gasteiger partial charge in [-0.1, -0.05) is 6.07 Å². The van der Waals surface area contributed by atoms with Gasteiger partial charge in [0, 0.05) is 36.9 Å². The third kappa shape index (κ3) is 3.91. The average Bonchev–Trinajstić information content (AvgIpc) is 3.32. The number of rotatable bonds is 3. The van der Waals surface area contributed by atoms with Gasteiger partial charge >= 0.3 is 6.03 Å². The fourth-order valence-corrected chi connectivity index (χ4v) is 5.15. The molecule has 3 amide bonds. The SMILES string of the molecule is O=C(Nc1ccc2n(c1=O)C[C@H]1C[C@@H]2CN(C(=O)Nc2ccc(F)cc2)C1)c1cccs1. The van der Waals surface area contributed by atoms with Gasteiger partial charge in [0.05, 0.1) is 4.88 Å². The van der Waals surface area contributed by atoms with Crippen molar-refractivity contribution in [2.75, 3.05) is 23.7 Å². The number of hydrogen-bond donors (Lipinski definition) is 2. The summed E-state index contributed by atoms with van der Waals surface area (Å²) in [4.78, 5) is 40.5. The maximum absolute atomic E-state index is 13.1. The van der Waals surface area contributed by atoms with Crippen molar-refractivity contribution < 1.29 is 14.0 Å². The Hall–Kier alpha value is -3.46. The highest BCUT2D eigenvalue weighted by atomic mass is 32.1. The highest BCUT2D eigenvalue weighted by Crippen LogP contribution is 2.35. The number of hydrogen-bond acceptors (Lipinski definition) is 4. The van der Waals surface area contributed by atoms with E-state index in [2.05, 4.69) is 10.6 Å². The molecule has 1 aromatic carbocycles. The number of fused-ring (bicyclic) bond motifs is 4. The summed E-state index contributed by atoms with van der Waals surface area (Å²) in [5.74, 6) is -0.474. The first-order chi connectivity index (χ1) is 15.5. The van der Waals surface area contributed by atoms with E-state index < -0.39 is 0 Å². The van der Waals surface area contributed by atoms with E-state index in [4.69, 9.17) is 0 Å². The quantitative estimate of drug-likeness (QED) is 0.631. The van der Waals surface area contributed by atoms with Gasteiger partial charge in [-0.15, -0.1) is 11.3 Å². The molecular formula is C23H21FN4O3S. The highest BCUT2D eigenvalue weighted by Gasteiger charge is 2.36. The number of nitrogens with zero attached hydrogens (tertiary/aromatic N) is 2. The van der Waals surface area contributed by atoms with Gasteiger partial charge in [0.2, 0.25) is 0 Å². The molecule has 0 saturated carbocycles. The zero-order valence-electron chi connectivity index (χ0n) is 17.1. The topological polar surface area (TPSA) is 83.4 Å². The molecule has 2 aromatic heterocycles.